The van der Waals surface area contributed by atoms with Crippen molar-refractivity contribution in [1.29, 1.82) is 0 Å². The average Bonchev–Trinajstić information content (AvgIpc) is 3.16. The molecule has 0 atom stereocenters. The van der Waals surface area contributed by atoms with Crippen molar-refractivity contribution in [2.24, 2.45) is 4.99 Å². The number of carbonyl (C=O) groups is 1. The lowest BCUT2D eigenvalue weighted by atomic mass is 10.2. The first kappa shape index (κ1) is 13.8. The maximum Gasteiger partial charge on any atom is 0.363 e. The number of rotatable bonds is 2. The Balaban J connectivity index is 1.69. The smallest absolute Gasteiger partial charge is 0.363 e. The second-order valence-electron chi connectivity index (χ2n) is 4.93. The molecular formula is C17H10ClNO4. The molecule has 0 bridgehead atoms. The summed E-state index contributed by atoms with van der Waals surface area (Å²) >= 11 is 6.09. The van der Waals surface area contributed by atoms with E-state index in [0.717, 1.165) is 0 Å². The SMILES string of the molecule is O=C1OC(c2ccc3c(c2)OCO3)=NC1=Cc1ccccc1Cl. The second-order valence-corrected chi connectivity index (χ2v) is 5.33. The highest BCUT2D eigenvalue weighted by molar-refractivity contribution is 6.32. The molecule has 114 valence electrons. The van der Waals surface area contributed by atoms with Gasteiger partial charge in [-0.25, -0.2) is 9.79 Å². The van der Waals surface area contributed by atoms with Crippen LogP contribution in [0.2, 0.25) is 5.02 Å². The van der Waals surface area contributed by atoms with Gasteiger partial charge in [-0.15, -0.1) is 0 Å². The first-order chi connectivity index (χ1) is 11.2. The van der Waals surface area contributed by atoms with Crippen LogP contribution in [-0.4, -0.2) is 18.7 Å². The second kappa shape index (κ2) is 5.44. The highest BCUT2D eigenvalue weighted by Gasteiger charge is 2.26. The molecule has 6 heteroatoms. The summed E-state index contributed by atoms with van der Waals surface area (Å²) in [5.41, 5.74) is 1.55. The number of aliphatic imine (C=N–C) groups is 1. The van der Waals surface area contributed by atoms with Gasteiger partial charge in [-0.05, 0) is 35.9 Å². The topological polar surface area (TPSA) is 57.1 Å². The third kappa shape index (κ3) is 2.55. The molecule has 2 aromatic rings. The Bertz CT molecular complexity index is 873. The van der Waals surface area contributed by atoms with Crippen molar-refractivity contribution in [1.82, 2.24) is 0 Å². The van der Waals surface area contributed by atoms with Crippen LogP contribution in [0.15, 0.2) is 53.2 Å². The number of halogens is 1. The predicted octanol–water partition coefficient (Wildman–Crippen LogP) is 3.41. The van der Waals surface area contributed by atoms with Gasteiger partial charge in [-0.2, -0.15) is 0 Å². The highest BCUT2D eigenvalue weighted by atomic mass is 35.5. The van der Waals surface area contributed by atoms with Crippen molar-refractivity contribution in [2.45, 2.75) is 0 Å². The Labute approximate surface area is 136 Å². The lowest BCUT2D eigenvalue weighted by molar-refractivity contribution is -0.129. The van der Waals surface area contributed by atoms with Crippen LogP contribution in [0.3, 0.4) is 0 Å². The molecule has 0 radical (unpaired) electrons. The van der Waals surface area contributed by atoms with Crippen molar-refractivity contribution in [3.8, 4) is 11.5 Å². The number of carbonyl (C=O) groups excluding carboxylic acids is 1. The third-order valence-electron chi connectivity index (χ3n) is 3.44. The number of hydrogen-bond acceptors (Lipinski definition) is 5. The van der Waals surface area contributed by atoms with Crippen molar-refractivity contribution in [3.63, 3.8) is 0 Å². The summed E-state index contributed by atoms with van der Waals surface area (Å²) in [4.78, 5) is 16.3. The van der Waals surface area contributed by atoms with Gasteiger partial charge in [0.1, 0.15) is 0 Å². The first-order valence-corrected chi connectivity index (χ1v) is 7.25. The molecule has 4 rings (SSSR count). The molecule has 2 aliphatic heterocycles. The van der Waals surface area contributed by atoms with Crippen molar-refractivity contribution in [3.05, 3.63) is 64.3 Å². The lowest BCUT2D eigenvalue weighted by Crippen LogP contribution is -2.05. The van der Waals surface area contributed by atoms with E-state index in [2.05, 4.69) is 4.99 Å². The van der Waals surface area contributed by atoms with Crippen LogP contribution >= 0.6 is 11.6 Å². The molecule has 0 amide bonds. The van der Waals surface area contributed by atoms with Crippen LogP contribution in [-0.2, 0) is 9.53 Å². The summed E-state index contributed by atoms with van der Waals surface area (Å²) in [5.74, 6) is 0.972. The van der Waals surface area contributed by atoms with Crippen LogP contribution < -0.4 is 9.47 Å². The Kier molecular flexibility index (Phi) is 3.28. The van der Waals surface area contributed by atoms with Gasteiger partial charge in [-0.1, -0.05) is 29.8 Å². The molecule has 0 unspecified atom stereocenters. The zero-order valence-corrected chi connectivity index (χ0v) is 12.5. The van der Waals surface area contributed by atoms with Gasteiger partial charge in [0.05, 0.1) is 0 Å². The minimum absolute atomic E-state index is 0.183. The summed E-state index contributed by atoms with van der Waals surface area (Å²) in [5, 5.41) is 0.541. The maximum atomic E-state index is 12.0. The van der Waals surface area contributed by atoms with Gasteiger partial charge in [0.15, 0.2) is 17.2 Å². The fraction of sp³-hybridized carbons (Fsp3) is 0.0588. The predicted molar refractivity (Wildman–Crippen MR) is 84.6 cm³/mol. The molecule has 2 aliphatic rings. The zero-order valence-electron chi connectivity index (χ0n) is 11.8. The Morgan fingerprint density at radius 1 is 1.09 bits per heavy atom. The number of ether oxygens (including phenoxy) is 3. The van der Waals surface area contributed by atoms with Gasteiger partial charge in [0, 0.05) is 10.6 Å². The van der Waals surface area contributed by atoms with E-state index in [4.69, 9.17) is 25.8 Å². The number of esters is 1. The van der Waals surface area contributed by atoms with Crippen LogP contribution in [0.4, 0.5) is 0 Å². The fourth-order valence-corrected chi connectivity index (χ4v) is 2.49. The molecule has 5 nitrogen and oxygen atoms in total. The number of nitrogens with zero attached hydrogens (tertiary/aromatic N) is 1. The van der Waals surface area contributed by atoms with Gasteiger partial charge < -0.3 is 14.2 Å². The van der Waals surface area contributed by atoms with E-state index >= 15 is 0 Å². The van der Waals surface area contributed by atoms with Gasteiger partial charge >= 0.3 is 5.97 Å². The highest BCUT2D eigenvalue weighted by Crippen LogP contribution is 2.33. The fourth-order valence-electron chi connectivity index (χ4n) is 2.30. The molecule has 0 aliphatic carbocycles. The summed E-state index contributed by atoms with van der Waals surface area (Å²) in [7, 11) is 0. The van der Waals surface area contributed by atoms with E-state index in [9.17, 15) is 4.79 Å². The zero-order chi connectivity index (χ0) is 15.8. The van der Waals surface area contributed by atoms with Gasteiger partial charge in [0.25, 0.3) is 0 Å². The van der Waals surface area contributed by atoms with E-state index < -0.39 is 5.97 Å². The van der Waals surface area contributed by atoms with E-state index in [0.29, 0.717) is 27.6 Å². The molecule has 0 saturated heterocycles. The third-order valence-corrected chi connectivity index (χ3v) is 3.78. The molecule has 0 spiro atoms. The summed E-state index contributed by atoms with van der Waals surface area (Å²) in [6.45, 7) is 0.183. The average molecular weight is 328 g/mol. The van der Waals surface area contributed by atoms with E-state index in [-0.39, 0.29) is 18.4 Å². The van der Waals surface area contributed by atoms with Crippen molar-refractivity contribution in [2.75, 3.05) is 6.79 Å². The number of benzene rings is 2. The first-order valence-electron chi connectivity index (χ1n) is 6.88. The van der Waals surface area contributed by atoms with Crippen LogP contribution in [0.1, 0.15) is 11.1 Å². The molecule has 2 heterocycles. The molecule has 0 N–H and O–H groups in total. The number of hydrogen-bond donors (Lipinski definition) is 0. The maximum absolute atomic E-state index is 12.0. The minimum Gasteiger partial charge on any atom is -0.454 e. The molecule has 2 aromatic carbocycles. The quantitative estimate of drug-likeness (QED) is 0.626. The monoisotopic (exact) mass is 327 g/mol. The number of fused-ring (bicyclic) bond motifs is 1. The van der Waals surface area contributed by atoms with Crippen molar-refractivity contribution < 1.29 is 19.0 Å². The van der Waals surface area contributed by atoms with Gasteiger partial charge in [-0.3, -0.25) is 0 Å². The largest absolute Gasteiger partial charge is 0.454 e. The molecular weight excluding hydrogens is 318 g/mol. The van der Waals surface area contributed by atoms with E-state index in [1.54, 1.807) is 36.4 Å². The molecule has 0 saturated carbocycles. The Hall–Kier alpha value is -2.79. The van der Waals surface area contributed by atoms with Crippen molar-refractivity contribution >= 4 is 29.5 Å². The Morgan fingerprint density at radius 2 is 1.91 bits per heavy atom. The van der Waals surface area contributed by atoms with Crippen LogP contribution in [0, 0.1) is 0 Å². The summed E-state index contributed by atoms with van der Waals surface area (Å²) < 4.78 is 15.8. The molecule has 23 heavy (non-hydrogen) atoms. The normalized spacial score (nSPS) is 17.3. The minimum atomic E-state index is -0.516. The van der Waals surface area contributed by atoms with Crippen LogP contribution in [0.25, 0.3) is 6.08 Å². The van der Waals surface area contributed by atoms with E-state index in [1.807, 2.05) is 12.1 Å². The van der Waals surface area contributed by atoms with Crippen LogP contribution in [0.5, 0.6) is 11.5 Å². The van der Waals surface area contributed by atoms with Gasteiger partial charge in [0.2, 0.25) is 12.7 Å². The standard InChI is InChI=1S/C17H10ClNO4/c18-12-4-2-1-3-10(12)7-13-17(20)23-16(19-13)11-5-6-14-15(8-11)22-9-21-14/h1-8H,9H2. The molecule has 0 aromatic heterocycles. The summed E-state index contributed by atoms with van der Waals surface area (Å²) in [6.07, 6.45) is 1.60. The number of cyclic esters (lactones) is 1. The Morgan fingerprint density at radius 3 is 2.78 bits per heavy atom. The van der Waals surface area contributed by atoms with E-state index in [1.165, 1.54) is 0 Å². The molecule has 0 fully saturated rings. The lowest BCUT2D eigenvalue weighted by Gasteiger charge is -2.01. The summed E-state index contributed by atoms with van der Waals surface area (Å²) in [6, 6.07) is 12.4.